The molecular formula is C26H26CoF2N4O8+2. The summed E-state index contributed by atoms with van der Waals surface area (Å²) < 4.78 is 24.3. The largest absolute Gasteiger partial charge is 2.00 e. The summed E-state index contributed by atoms with van der Waals surface area (Å²) in [4.78, 5) is 48.3. The van der Waals surface area contributed by atoms with Crippen molar-refractivity contribution in [2.75, 3.05) is 0 Å². The second-order valence-corrected chi connectivity index (χ2v) is 6.80. The van der Waals surface area contributed by atoms with Crippen molar-refractivity contribution in [3.05, 3.63) is 131 Å². The molecule has 0 aliphatic heterocycles. The monoisotopic (exact) mass is 619 g/mol. The molecule has 0 aliphatic rings. The molecule has 12 nitrogen and oxygen atoms in total. The van der Waals surface area contributed by atoms with E-state index in [1.807, 2.05) is 0 Å². The van der Waals surface area contributed by atoms with E-state index >= 15 is 0 Å². The first-order valence-electron chi connectivity index (χ1n) is 10.3. The van der Waals surface area contributed by atoms with E-state index in [2.05, 4.69) is 9.97 Å². The number of benzene rings is 2. The van der Waals surface area contributed by atoms with Gasteiger partial charge in [0.15, 0.2) is 0 Å². The van der Waals surface area contributed by atoms with Gasteiger partial charge in [0.2, 0.25) is 11.8 Å². The van der Waals surface area contributed by atoms with E-state index in [1.165, 1.54) is 12.4 Å². The van der Waals surface area contributed by atoms with Gasteiger partial charge in [-0.1, -0.05) is 24.3 Å². The number of carboxylic acid groups (broad SMARTS) is 2. The zero-order chi connectivity index (χ0) is 28.5. The summed E-state index contributed by atoms with van der Waals surface area (Å²) in [6, 6.07) is 15.5. The Kier molecular flexibility index (Phi) is 21.5. The van der Waals surface area contributed by atoms with Gasteiger partial charge in [-0.25, -0.2) is 8.78 Å². The molecule has 2 heterocycles. The number of aromatic nitrogens is 2. The molecule has 4 rings (SSSR count). The van der Waals surface area contributed by atoms with Crippen LogP contribution < -0.4 is 21.7 Å². The minimum Gasteiger partial charge on any atom is -0.545 e. The third kappa shape index (κ3) is 17.2. The maximum Gasteiger partial charge on any atom is 2.00 e. The predicted octanol–water partition coefficient (Wildman–Crippen LogP) is -1.11. The fraction of sp³-hybridized carbons (Fsp3) is 0. The molecule has 0 fully saturated rings. The molecule has 1 radical (unpaired) electrons. The van der Waals surface area contributed by atoms with Crippen LogP contribution in [0.15, 0.2) is 97.6 Å². The molecule has 41 heavy (non-hydrogen) atoms. The number of rotatable bonds is 4. The average Bonchev–Trinajstić information content (AvgIpc) is 2.91. The molecule has 2 aromatic heterocycles. The van der Waals surface area contributed by atoms with Crippen LogP contribution in [0.4, 0.5) is 8.78 Å². The van der Waals surface area contributed by atoms with Crippen molar-refractivity contribution < 1.29 is 65.9 Å². The smallest absolute Gasteiger partial charge is 0.545 e. The van der Waals surface area contributed by atoms with Crippen LogP contribution in [0.5, 0.6) is 0 Å². The van der Waals surface area contributed by atoms with Gasteiger partial charge in [-0.15, -0.1) is 0 Å². The standard InChI is InChI=1S/2C7H5FO2.2C6H6N2O.Co.2H2O/c2*8-6-3-1-5(2-4-6)7(9)10;2*7-6(9)5-2-1-3-8-4-5;;;/h2*1-4H,(H,9,10);2*1-4H,(H2,7,9);;2*1H2/q;;;;+2;;. The summed E-state index contributed by atoms with van der Waals surface area (Å²) in [6.07, 6.45) is 6.05. The van der Waals surface area contributed by atoms with Gasteiger partial charge < -0.3 is 42.2 Å². The predicted molar refractivity (Wildman–Crippen MR) is 137 cm³/mol. The Balaban J connectivity index is -0.000000459. The van der Waals surface area contributed by atoms with Crippen molar-refractivity contribution in [2.45, 2.75) is 0 Å². The first kappa shape index (κ1) is 40.4. The Hall–Kier alpha value is -5.09. The third-order valence-electron chi connectivity index (χ3n) is 4.05. The van der Waals surface area contributed by atoms with Crippen molar-refractivity contribution in [3.8, 4) is 0 Å². The summed E-state index contributed by atoms with van der Waals surface area (Å²) in [5.41, 5.74) is 10.7. The van der Waals surface area contributed by atoms with Crippen molar-refractivity contribution in [3.63, 3.8) is 0 Å². The van der Waals surface area contributed by atoms with Crippen molar-refractivity contribution in [1.29, 1.82) is 0 Å². The number of primary amides is 2. The number of carbonyl (C=O) groups is 4. The van der Waals surface area contributed by atoms with Gasteiger partial charge in [0.25, 0.3) is 0 Å². The third-order valence-corrected chi connectivity index (χ3v) is 4.05. The molecule has 2 amide bonds. The summed E-state index contributed by atoms with van der Waals surface area (Å²) in [6.45, 7) is 0. The number of aromatic carboxylic acids is 2. The van der Waals surface area contributed by atoms with Crippen molar-refractivity contribution in [2.24, 2.45) is 11.5 Å². The van der Waals surface area contributed by atoms with E-state index in [4.69, 9.17) is 11.5 Å². The Bertz CT molecular complexity index is 1230. The minimum atomic E-state index is -1.29. The zero-order valence-electron chi connectivity index (χ0n) is 21.0. The van der Waals surface area contributed by atoms with Crippen LogP contribution in [0, 0.1) is 11.6 Å². The number of carbonyl (C=O) groups excluding carboxylic acids is 4. The van der Waals surface area contributed by atoms with Crippen molar-refractivity contribution in [1.82, 2.24) is 9.97 Å². The number of hydrogen-bond acceptors (Lipinski definition) is 8. The molecule has 0 aliphatic carbocycles. The normalized spacial score (nSPS) is 8.44. The molecule has 0 saturated carbocycles. The van der Waals surface area contributed by atoms with Crippen molar-refractivity contribution >= 4 is 23.8 Å². The number of hydrogen-bond donors (Lipinski definition) is 2. The molecule has 4 aromatic rings. The number of amides is 2. The van der Waals surface area contributed by atoms with E-state index in [0.29, 0.717) is 11.1 Å². The topological polar surface area (TPSA) is 258 Å². The Labute approximate surface area is 242 Å². The van der Waals surface area contributed by atoms with Crippen LogP contribution in [0.2, 0.25) is 0 Å². The van der Waals surface area contributed by atoms with Crippen LogP contribution in [0.1, 0.15) is 41.4 Å². The number of pyridine rings is 2. The van der Waals surface area contributed by atoms with E-state index in [-0.39, 0.29) is 38.9 Å². The summed E-state index contributed by atoms with van der Waals surface area (Å²) >= 11 is 0. The Morgan fingerprint density at radius 1 is 0.561 bits per heavy atom. The van der Waals surface area contributed by atoms with Crippen LogP contribution >= 0.6 is 0 Å². The van der Waals surface area contributed by atoms with Gasteiger partial charge in [-0.05, 0) is 59.7 Å². The molecule has 2 aromatic carbocycles. The van der Waals surface area contributed by atoms with Crippen LogP contribution in [0.25, 0.3) is 0 Å². The second-order valence-electron chi connectivity index (χ2n) is 6.80. The average molecular weight is 619 g/mol. The summed E-state index contributed by atoms with van der Waals surface area (Å²) in [7, 11) is 0. The molecular weight excluding hydrogens is 593 g/mol. The second kappa shape index (κ2) is 21.8. The quantitative estimate of drug-likeness (QED) is 0.264. The number of halogens is 2. The number of carboxylic acids is 2. The SMILES string of the molecule is NC(=O)c1cccnc1.NC(=O)c1cccnc1.O=C([O-])c1ccc(F)cc1.O=C([O-])c1ccc(F)cc1.[Co+2].[OH3+].[OH3+]. The van der Waals surface area contributed by atoms with Crippen LogP contribution in [-0.2, 0) is 27.7 Å². The van der Waals surface area contributed by atoms with Gasteiger partial charge in [-0.2, -0.15) is 0 Å². The fourth-order valence-corrected chi connectivity index (χ4v) is 2.19. The summed E-state index contributed by atoms with van der Waals surface area (Å²) in [5.74, 6) is -4.37. The fourth-order valence-electron chi connectivity index (χ4n) is 2.19. The van der Waals surface area contributed by atoms with Crippen LogP contribution in [-0.4, -0.2) is 33.7 Å². The Morgan fingerprint density at radius 3 is 1.02 bits per heavy atom. The van der Waals surface area contributed by atoms with Gasteiger partial charge in [0.1, 0.15) is 11.6 Å². The molecule has 0 atom stereocenters. The number of nitrogens with two attached hydrogens (primary N) is 2. The van der Waals surface area contributed by atoms with E-state index in [1.54, 1.807) is 36.7 Å². The maximum atomic E-state index is 12.1. The number of nitrogens with zero attached hydrogens (tertiary/aromatic N) is 2. The van der Waals surface area contributed by atoms with Crippen LogP contribution in [0.3, 0.4) is 0 Å². The molecule has 0 bridgehead atoms. The molecule has 0 unspecified atom stereocenters. The van der Waals surface area contributed by atoms with Gasteiger partial charge in [-0.3, -0.25) is 19.6 Å². The van der Waals surface area contributed by atoms with Gasteiger partial charge in [0, 0.05) is 24.8 Å². The van der Waals surface area contributed by atoms with E-state index in [9.17, 15) is 38.2 Å². The first-order valence-corrected chi connectivity index (χ1v) is 10.3. The summed E-state index contributed by atoms with van der Waals surface area (Å²) in [5, 5.41) is 20.2. The van der Waals surface area contributed by atoms with Gasteiger partial charge >= 0.3 is 16.8 Å². The van der Waals surface area contributed by atoms with E-state index < -0.39 is 35.4 Å². The molecule has 0 spiro atoms. The van der Waals surface area contributed by atoms with Gasteiger partial charge in [0.05, 0.1) is 23.1 Å². The molecule has 219 valence electrons. The zero-order valence-corrected chi connectivity index (χ0v) is 22.0. The molecule has 15 heteroatoms. The maximum absolute atomic E-state index is 12.1. The first-order chi connectivity index (χ1) is 18.0. The molecule has 10 N–H and O–H groups in total. The minimum absolute atomic E-state index is 0. The Morgan fingerprint density at radius 2 is 0.854 bits per heavy atom. The molecule has 0 saturated heterocycles. The van der Waals surface area contributed by atoms with E-state index in [0.717, 1.165) is 48.5 Å².